The van der Waals surface area contributed by atoms with Gasteiger partial charge in [0.2, 0.25) is 0 Å². The number of rotatable bonds is 8. The first kappa shape index (κ1) is 14.1. The molecule has 1 N–H and O–H groups in total. The third kappa shape index (κ3) is 4.88. The Kier molecular flexibility index (Phi) is 4.87. The molecule has 3 nitrogen and oxygen atoms in total. The molecule has 0 radical (unpaired) electrons. The summed E-state index contributed by atoms with van der Waals surface area (Å²) in [7, 11) is 0. The predicted octanol–water partition coefficient (Wildman–Crippen LogP) is 3.76. The van der Waals surface area contributed by atoms with E-state index >= 15 is 0 Å². The molecule has 0 atom stereocenters. The summed E-state index contributed by atoms with van der Waals surface area (Å²) >= 11 is 0. The molecule has 0 aliphatic heterocycles. The van der Waals surface area contributed by atoms with Crippen LogP contribution in [-0.2, 0) is 17.9 Å². The van der Waals surface area contributed by atoms with Gasteiger partial charge in [0, 0.05) is 6.04 Å². The Labute approximate surface area is 125 Å². The van der Waals surface area contributed by atoms with Gasteiger partial charge in [-0.3, -0.25) is 0 Å². The Balaban J connectivity index is 1.36. The fourth-order valence-electron chi connectivity index (χ4n) is 2.10. The van der Waals surface area contributed by atoms with Crippen molar-refractivity contribution in [2.24, 2.45) is 0 Å². The average molecular weight is 283 g/mol. The molecule has 1 aliphatic carbocycles. The first-order valence-electron chi connectivity index (χ1n) is 7.50. The quantitative estimate of drug-likeness (QED) is 0.749. The third-order valence-electron chi connectivity index (χ3n) is 3.43. The van der Waals surface area contributed by atoms with Crippen LogP contribution in [0.1, 0.15) is 29.9 Å². The van der Waals surface area contributed by atoms with Gasteiger partial charge in [0.05, 0.1) is 13.2 Å². The number of furan rings is 1. The fraction of sp³-hybridized carbons (Fsp3) is 0.333. The van der Waals surface area contributed by atoms with Gasteiger partial charge in [0.1, 0.15) is 18.1 Å². The molecular weight excluding hydrogens is 262 g/mol. The van der Waals surface area contributed by atoms with Crippen LogP contribution in [0.5, 0.6) is 0 Å². The topological polar surface area (TPSA) is 34.4 Å². The van der Waals surface area contributed by atoms with Crippen LogP contribution in [0, 0.1) is 0 Å². The molecule has 1 aromatic heterocycles. The second kappa shape index (κ2) is 7.25. The summed E-state index contributed by atoms with van der Waals surface area (Å²) in [5.41, 5.74) is 1.19. The molecule has 0 saturated heterocycles. The minimum absolute atomic E-state index is 0.516. The third-order valence-corrected chi connectivity index (χ3v) is 3.43. The van der Waals surface area contributed by atoms with Crippen LogP contribution in [0.2, 0.25) is 0 Å². The zero-order chi connectivity index (χ0) is 14.3. The van der Waals surface area contributed by atoms with Crippen LogP contribution < -0.4 is 5.32 Å². The maximum absolute atomic E-state index is 5.72. The van der Waals surface area contributed by atoms with E-state index in [0.29, 0.717) is 19.3 Å². The molecule has 3 rings (SSSR count). The van der Waals surface area contributed by atoms with Crippen LogP contribution in [-0.4, -0.2) is 12.6 Å². The maximum Gasteiger partial charge on any atom is 0.129 e. The number of nitrogens with one attached hydrogen (secondary N) is 1. The number of hydrogen-bond acceptors (Lipinski definition) is 3. The highest BCUT2D eigenvalue weighted by atomic mass is 16.5. The van der Waals surface area contributed by atoms with Crippen molar-refractivity contribution in [3.8, 4) is 0 Å². The van der Waals surface area contributed by atoms with Crippen molar-refractivity contribution in [3.05, 3.63) is 65.6 Å². The summed E-state index contributed by atoms with van der Waals surface area (Å²) in [5, 5.41) is 3.44. The van der Waals surface area contributed by atoms with Crippen molar-refractivity contribution >= 4 is 6.08 Å². The largest absolute Gasteiger partial charge is 0.462 e. The number of benzene rings is 1. The molecule has 1 saturated carbocycles. The second-order valence-electron chi connectivity index (χ2n) is 5.35. The Morgan fingerprint density at radius 3 is 2.71 bits per heavy atom. The van der Waals surface area contributed by atoms with E-state index in [2.05, 4.69) is 23.5 Å². The first-order valence-corrected chi connectivity index (χ1v) is 7.50. The van der Waals surface area contributed by atoms with E-state index in [4.69, 9.17) is 9.15 Å². The lowest BCUT2D eigenvalue weighted by Crippen LogP contribution is -2.14. The maximum atomic E-state index is 5.72. The molecule has 3 heteroatoms. The first-order chi connectivity index (χ1) is 10.4. The lowest BCUT2D eigenvalue weighted by molar-refractivity contribution is 0.130. The molecule has 21 heavy (non-hydrogen) atoms. The van der Waals surface area contributed by atoms with E-state index in [9.17, 15) is 0 Å². The van der Waals surface area contributed by atoms with E-state index in [1.54, 1.807) is 0 Å². The average Bonchev–Trinajstić information content (AvgIpc) is 3.25. The van der Waals surface area contributed by atoms with Gasteiger partial charge in [-0.05, 0) is 30.5 Å². The summed E-state index contributed by atoms with van der Waals surface area (Å²) in [6.07, 6.45) is 6.68. The normalized spacial score (nSPS) is 14.9. The van der Waals surface area contributed by atoms with E-state index < -0.39 is 0 Å². The monoisotopic (exact) mass is 283 g/mol. The standard InChI is InChI=1S/C18H21NO2/c1-2-5-15(6-3-1)7-4-12-20-14-18-11-10-17(21-18)13-19-16-8-9-16/h1-7,10-11,16,19H,8-9,12-14H2. The lowest BCUT2D eigenvalue weighted by Gasteiger charge is -2.00. The molecule has 1 aromatic carbocycles. The highest BCUT2D eigenvalue weighted by Gasteiger charge is 2.20. The Hall–Kier alpha value is -1.84. The summed E-state index contributed by atoms with van der Waals surface area (Å²) in [5.74, 6) is 1.87. The molecule has 1 fully saturated rings. The molecular formula is C18H21NO2. The molecule has 0 unspecified atom stereocenters. The van der Waals surface area contributed by atoms with E-state index in [1.165, 1.54) is 18.4 Å². The highest BCUT2D eigenvalue weighted by Crippen LogP contribution is 2.19. The van der Waals surface area contributed by atoms with Gasteiger partial charge in [-0.2, -0.15) is 0 Å². The van der Waals surface area contributed by atoms with Crippen LogP contribution in [0.15, 0.2) is 53.0 Å². The van der Waals surface area contributed by atoms with E-state index in [-0.39, 0.29) is 0 Å². The van der Waals surface area contributed by atoms with Crippen molar-refractivity contribution in [2.75, 3.05) is 6.61 Å². The zero-order valence-corrected chi connectivity index (χ0v) is 12.1. The van der Waals surface area contributed by atoms with Crippen LogP contribution >= 0.6 is 0 Å². The molecule has 110 valence electrons. The highest BCUT2D eigenvalue weighted by molar-refractivity contribution is 5.48. The van der Waals surface area contributed by atoms with Gasteiger partial charge in [0.25, 0.3) is 0 Å². The van der Waals surface area contributed by atoms with Crippen molar-refractivity contribution in [3.63, 3.8) is 0 Å². The van der Waals surface area contributed by atoms with E-state index in [1.807, 2.05) is 36.4 Å². The van der Waals surface area contributed by atoms with Gasteiger partial charge in [-0.15, -0.1) is 0 Å². The van der Waals surface area contributed by atoms with Crippen LogP contribution in [0.4, 0.5) is 0 Å². The smallest absolute Gasteiger partial charge is 0.129 e. The molecule has 1 heterocycles. The Morgan fingerprint density at radius 2 is 1.90 bits per heavy atom. The summed E-state index contributed by atoms with van der Waals surface area (Å²) in [6.45, 7) is 1.92. The van der Waals surface area contributed by atoms with Gasteiger partial charge in [-0.1, -0.05) is 42.5 Å². The predicted molar refractivity (Wildman–Crippen MR) is 83.7 cm³/mol. The molecule has 2 aromatic rings. The summed E-state index contributed by atoms with van der Waals surface area (Å²) in [4.78, 5) is 0. The Bertz CT molecular complexity index is 570. The SMILES string of the molecule is C(=Cc1ccccc1)COCc1ccc(CNC2CC2)o1. The minimum Gasteiger partial charge on any atom is -0.462 e. The molecule has 0 spiro atoms. The van der Waals surface area contributed by atoms with Gasteiger partial charge in [-0.25, -0.2) is 0 Å². The summed E-state index contributed by atoms with van der Waals surface area (Å²) < 4.78 is 11.3. The lowest BCUT2D eigenvalue weighted by atomic mass is 10.2. The van der Waals surface area contributed by atoms with Crippen molar-refractivity contribution in [2.45, 2.75) is 32.0 Å². The second-order valence-corrected chi connectivity index (χ2v) is 5.35. The number of hydrogen-bond donors (Lipinski definition) is 1. The Morgan fingerprint density at radius 1 is 1.10 bits per heavy atom. The van der Waals surface area contributed by atoms with Gasteiger partial charge in [0.15, 0.2) is 0 Å². The summed E-state index contributed by atoms with van der Waals surface area (Å²) in [6, 6.07) is 14.9. The van der Waals surface area contributed by atoms with Crippen molar-refractivity contribution < 1.29 is 9.15 Å². The van der Waals surface area contributed by atoms with Crippen LogP contribution in [0.3, 0.4) is 0 Å². The minimum atomic E-state index is 0.516. The van der Waals surface area contributed by atoms with Crippen molar-refractivity contribution in [1.29, 1.82) is 0 Å². The molecule has 1 aliphatic rings. The molecule has 0 amide bonds. The van der Waals surface area contributed by atoms with E-state index in [0.717, 1.165) is 18.1 Å². The zero-order valence-electron chi connectivity index (χ0n) is 12.1. The fourth-order valence-corrected chi connectivity index (χ4v) is 2.10. The number of ether oxygens (including phenoxy) is 1. The van der Waals surface area contributed by atoms with Gasteiger partial charge >= 0.3 is 0 Å². The molecule has 0 bridgehead atoms. The van der Waals surface area contributed by atoms with Crippen LogP contribution in [0.25, 0.3) is 6.08 Å². The van der Waals surface area contributed by atoms with Crippen molar-refractivity contribution in [1.82, 2.24) is 5.32 Å². The van der Waals surface area contributed by atoms with Gasteiger partial charge < -0.3 is 14.5 Å².